The van der Waals surface area contributed by atoms with Crippen molar-refractivity contribution in [3.8, 4) is 0 Å². The van der Waals surface area contributed by atoms with E-state index in [1.54, 1.807) is 37.3 Å². The molecule has 22 heavy (non-hydrogen) atoms. The van der Waals surface area contributed by atoms with Crippen LogP contribution in [-0.4, -0.2) is 19.5 Å². The van der Waals surface area contributed by atoms with E-state index in [0.717, 1.165) is 18.2 Å². The van der Waals surface area contributed by atoms with Gasteiger partial charge in [-0.15, -0.1) is 0 Å². The molecule has 0 aliphatic carbocycles. The maximum atomic E-state index is 13.8. The summed E-state index contributed by atoms with van der Waals surface area (Å²) >= 11 is 0. The minimum Gasteiger partial charge on any atom is -0.478 e. The summed E-state index contributed by atoms with van der Waals surface area (Å²) in [6.07, 6.45) is 0. The first-order valence-corrected chi connectivity index (χ1v) is 7.89. The Labute approximate surface area is 127 Å². The fraction of sp³-hybridized carbons (Fsp3) is 0.133. The smallest absolute Gasteiger partial charge is 0.335 e. The molecule has 0 heterocycles. The Morgan fingerprint density at radius 2 is 1.82 bits per heavy atom. The molecule has 0 radical (unpaired) electrons. The van der Waals surface area contributed by atoms with Crippen molar-refractivity contribution in [2.45, 2.75) is 17.9 Å². The summed E-state index contributed by atoms with van der Waals surface area (Å²) in [6, 6.07) is 10.8. The molecule has 0 unspecified atom stereocenters. The first-order chi connectivity index (χ1) is 10.3. The molecule has 116 valence electrons. The van der Waals surface area contributed by atoms with Gasteiger partial charge in [0, 0.05) is 6.04 Å². The molecule has 2 rings (SSSR count). The Morgan fingerprint density at radius 1 is 1.18 bits per heavy atom. The van der Waals surface area contributed by atoms with E-state index in [-0.39, 0.29) is 5.56 Å². The molecule has 0 aliphatic rings. The van der Waals surface area contributed by atoms with Gasteiger partial charge >= 0.3 is 5.97 Å². The largest absolute Gasteiger partial charge is 0.478 e. The van der Waals surface area contributed by atoms with E-state index in [9.17, 15) is 17.6 Å². The highest BCUT2D eigenvalue weighted by Gasteiger charge is 2.23. The Balaban J connectivity index is 2.35. The fourth-order valence-corrected chi connectivity index (χ4v) is 3.28. The van der Waals surface area contributed by atoms with Crippen LogP contribution in [0.15, 0.2) is 53.4 Å². The average Bonchev–Trinajstić information content (AvgIpc) is 2.47. The highest BCUT2D eigenvalue weighted by molar-refractivity contribution is 7.89. The summed E-state index contributed by atoms with van der Waals surface area (Å²) in [7, 11) is -4.18. The number of aromatic carboxylic acids is 1. The van der Waals surface area contributed by atoms with Gasteiger partial charge in [0.05, 0.1) is 5.56 Å². The summed E-state index contributed by atoms with van der Waals surface area (Å²) in [6.45, 7) is 1.62. The van der Waals surface area contributed by atoms with E-state index in [2.05, 4.69) is 4.72 Å². The van der Waals surface area contributed by atoms with Crippen molar-refractivity contribution in [3.05, 3.63) is 65.5 Å². The van der Waals surface area contributed by atoms with Gasteiger partial charge in [0.25, 0.3) is 0 Å². The molecule has 0 bridgehead atoms. The quantitative estimate of drug-likeness (QED) is 0.886. The Bertz CT molecular complexity index is 790. The predicted octanol–water partition coefficient (Wildman–Crippen LogP) is 2.56. The molecule has 0 spiro atoms. The number of nitrogens with one attached hydrogen (secondary N) is 1. The molecule has 7 heteroatoms. The van der Waals surface area contributed by atoms with Crippen molar-refractivity contribution in [1.29, 1.82) is 0 Å². The highest BCUT2D eigenvalue weighted by Crippen LogP contribution is 2.20. The van der Waals surface area contributed by atoms with Crippen LogP contribution in [-0.2, 0) is 10.0 Å². The zero-order valence-corrected chi connectivity index (χ0v) is 12.5. The second kappa shape index (κ2) is 6.25. The molecular formula is C15H14FNO4S. The summed E-state index contributed by atoms with van der Waals surface area (Å²) < 4.78 is 40.6. The first-order valence-electron chi connectivity index (χ1n) is 6.41. The number of carboxylic acid groups (broad SMARTS) is 1. The third-order valence-electron chi connectivity index (χ3n) is 3.10. The summed E-state index contributed by atoms with van der Waals surface area (Å²) in [4.78, 5) is 10.2. The third kappa shape index (κ3) is 3.49. The van der Waals surface area contributed by atoms with Gasteiger partial charge in [0.1, 0.15) is 10.7 Å². The van der Waals surface area contributed by atoms with E-state index >= 15 is 0 Å². The number of hydrogen-bond donors (Lipinski definition) is 2. The van der Waals surface area contributed by atoms with Crippen LogP contribution in [0.4, 0.5) is 4.39 Å². The van der Waals surface area contributed by atoms with Crippen LogP contribution in [0.2, 0.25) is 0 Å². The lowest BCUT2D eigenvalue weighted by atomic mass is 10.1. The van der Waals surface area contributed by atoms with Gasteiger partial charge in [-0.25, -0.2) is 22.3 Å². The van der Waals surface area contributed by atoms with Crippen LogP contribution in [0.5, 0.6) is 0 Å². The lowest BCUT2D eigenvalue weighted by Crippen LogP contribution is -2.27. The van der Waals surface area contributed by atoms with Crippen molar-refractivity contribution in [3.63, 3.8) is 0 Å². The molecule has 0 amide bonds. The van der Waals surface area contributed by atoms with Crippen molar-refractivity contribution in [2.24, 2.45) is 0 Å². The SMILES string of the molecule is C[C@@H](NS(=O)(=O)c1cc(C(=O)O)ccc1F)c1ccccc1. The van der Waals surface area contributed by atoms with Crippen molar-refractivity contribution < 1.29 is 22.7 Å². The maximum Gasteiger partial charge on any atom is 0.335 e. The molecule has 0 fully saturated rings. The molecule has 1 atom stereocenters. The number of halogens is 1. The lowest BCUT2D eigenvalue weighted by Gasteiger charge is -2.15. The van der Waals surface area contributed by atoms with Gasteiger partial charge in [-0.05, 0) is 30.7 Å². The summed E-state index contributed by atoms with van der Waals surface area (Å²) in [5, 5.41) is 8.89. The molecule has 0 saturated carbocycles. The maximum absolute atomic E-state index is 13.8. The van der Waals surface area contributed by atoms with Gasteiger partial charge in [-0.3, -0.25) is 0 Å². The van der Waals surface area contributed by atoms with Gasteiger partial charge in [0.15, 0.2) is 0 Å². The third-order valence-corrected chi connectivity index (χ3v) is 4.65. The second-order valence-corrected chi connectivity index (χ2v) is 6.39. The number of carboxylic acids is 1. The van der Waals surface area contributed by atoms with E-state index in [1.165, 1.54) is 0 Å². The summed E-state index contributed by atoms with van der Waals surface area (Å²) in [5.41, 5.74) is 0.412. The Hall–Kier alpha value is -2.25. The fourth-order valence-electron chi connectivity index (χ4n) is 1.95. The van der Waals surface area contributed by atoms with Crippen molar-refractivity contribution in [1.82, 2.24) is 4.72 Å². The van der Waals surface area contributed by atoms with E-state index < -0.39 is 32.7 Å². The van der Waals surface area contributed by atoms with Gasteiger partial charge in [-0.1, -0.05) is 30.3 Å². The minimum atomic E-state index is -4.18. The molecular weight excluding hydrogens is 309 g/mol. The highest BCUT2D eigenvalue weighted by atomic mass is 32.2. The normalized spacial score (nSPS) is 12.8. The molecule has 2 aromatic rings. The number of rotatable bonds is 5. The number of carbonyl (C=O) groups is 1. The van der Waals surface area contributed by atoms with Crippen LogP contribution in [0.25, 0.3) is 0 Å². The summed E-state index contributed by atoms with van der Waals surface area (Å²) in [5.74, 6) is -2.33. The van der Waals surface area contributed by atoms with E-state index in [1.807, 2.05) is 0 Å². The predicted molar refractivity (Wildman–Crippen MR) is 78.5 cm³/mol. The molecule has 0 saturated heterocycles. The number of sulfonamides is 1. The first kappa shape index (κ1) is 16.1. The van der Waals surface area contributed by atoms with Gasteiger partial charge in [-0.2, -0.15) is 0 Å². The molecule has 5 nitrogen and oxygen atoms in total. The van der Waals surface area contributed by atoms with Crippen molar-refractivity contribution >= 4 is 16.0 Å². The minimum absolute atomic E-state index is 0.297. The van der Waals surface area contributed by atoms with Crippen LogP contribution in [0, 0.1) is 5.82 Å². The van der Waals surface area contributed by atoms with Gasteiger partial charge in [0.2, 0.25) is 10.0 Å². The van der Waals surface area contributed by atoms with Crippen LogP contribution >= 0.6 is 0 Å². The Kier molecular flexibility index (Phi) is 4.58. The molecule has 0 aromatic heterocycles. The molecule has 0 aliphatic heterocycles. The number of benzene rings is 2. The lowest BCUT2D eigenvalue weighted by molar-refractivity contribution is 0.0696. The van der Waals surface area contributed by atoms with Crippen LogP contribution in [0.3, 0.4) is 0 Å². The monoisotopic (exact) mass is 323 g/mol. The van der Waals surface area contributed by atoms with Crippen LogP contribution in [0.1, 0.15) is 28.9 Å². The number of hydrogen-bond acceptors (Lipinski definition) is 3. The molecule has 2 N–H and O–H groups in total. The topological polar surface area (TPSA) is 83.5 Å². The van der Waals surface area contributed by atoms with Crippen LogP contribution < -0.4 is 4.72 Å². The van der Waals surface area contributed by atoms with Crippen molar-refractivity contribution in [2.75, 3.05) is 0 Å². The zero-order valence-electron chi connectivity index (χ0n) is 11.7. The zero-order chi connectivity index (χ0) is 16.3. The Morgan fingerprint density at radius 3 is 2.41 bits per heavy atom. The standard InChI is InChI=1S/C15H14FNO4S/c1-10(11-5-3-2-4-6-11)17-22(20,21)14-9-12(15(18)19)7-8-13(14)16/h2-10,17H,1H3,(H,18,19)/t10-/m1/s1. The van der Waals surface area contributed by atoms with Gasteiger partial charge < -0.3 is 5.11 Å². The molecule has 2 aromatic carbocycles. The second-order valence-electron chi connectivity index (χ2n) is 4.70. The van der Waals surface area contributed by atoms with E-state index in [4.69, 9.17) is 5.11 Å². The average molecular weight is 323 g/mol. The van der Waals surface area contributed by atoms with E-state index in [0.29, 0.717) is 5.56 Å².